The maximum absolute atomic E-state index is 11.0. The highest BCUT2D eigenvalue weighted by Gasteiger charge is 2.40. The van der Waals surface area contributed by atoms with E-state index < -0.39 is 17.4 Å². The Labute approximate surface area is 86.3 Å². The lowest BCUT2D eigenvalue weighted by molar-refractivity contribution is -0.146. The molecule has 0 aromatic heterocycles. The topological polar surface area (TPSA) is 94.8 Å². The van der Waals surface area contributed by atoms with Crippen molar-refractivity contribution in [2.75, 3.05) is 6.61 Å². The highest BCUT2D eigenvalue weighted by molar-refractivity contribution is 5.90. The molecule has 0 saturated heterocycles. The fraction of sp³-hybridized carbons (Fsp3) is 0.400. The molecule has 3 N–H and O–H groups in total. The molecule has 0 bridgehead atoms. The van der Waals surface area contributed by atoms with Gasteiger partial charge >= 0.3 is 11.9 Å². The van der Waals surface area contributed by atoms with Crippen LogP contribution in [0.25, 0.3) is 0 Å². The van der Waals surface area contributed by atoms with E-state index in [0.29, 0.717) is 5.57 Å². The summed E-state index contributed by atoms with van der Waals surface area (Å²) in [5.74, 6) is -2.26. The molecular weight excluding hydrogens is 200 g/mol. The quantitative estimate of drug-likeness (QED) is 0.629. The lowest BCUT2D eigenvalue weighted by Gasteiger charge is -2.29. The summed E-state index contributed by atoms with van der Waals surface area (Å²) in [7, 11) is 0. The van der Waals surface area contributed by atoms with E-state index in [1.165, 1.54) is 19.1 Å². The van der Waals surface area contributed by atoms with Gasteiger partial charge in [0.1, 0.15) is 0 Å². The Morgan fingerprint density at radius 3 is 2.40 bits per heavy atom. The first kappa shape index (κ1) is 11.5. The Hall–Kier alpha value is -1.62. The second-order valence-electron chi connectivity index (χ2n) is 3.66. The third-order valence-corrected chi connectivity index (χ3v) is 2.66. The molecule has 0 radical (unpaired) electrons. The molecule has 15 heavy (non-hydrogen) atoms. The minimum absolute atomic E-state index is 0.0390. The number of aliphatic hydroxyl groups is 1. The number of carboxylic acid groups (broad SMARTS) is 2. The van der Waals surface area contributed by atoms with E-state index in [-0.39, 0.29) is 18.6 Å². The van der Waals surface area contributed by atoms with Gasteiger partial charge in [-0.05, 0) is 18.9 Å². The van der Waals surface area contributed by atoms with Gasteiger partial charge in [0.05, 0.1) is 12.0 Å². The zero-order valence-electron chi connectivity index (χ0n) is 8.23. The molecule has 0 aliphatic heterocycles. The van der Waals surface area contributed by atoms with Gasteiger partial charge in [-0.15, -0.1) is 0 Å². The number of hydrogen-bond donors (Lipinski definition) is 3. The minimum Gasteiger partial charge on any atom is -0.481 e. The average molecular weight is 212 g/mol. The molecule has 0 aromatic carbocycles. The summed E-state index contributed by atoms with van der Waals surface area (Å²) in [4.78, 5) is 21.7. The van der Waals surface area contributed by atoms with Crippen LogP contribution in [0.3, 0.4) is 0 Å². The first-order valence-electron chi connectivity index (χ1n) is 4.39. The number of carboxylic acids is 2. The molecule has 82 valence electrons. The summed E-state index contributed by atoms with van der Waals surface area (Å²) in [6, 6.07) is 0. The first-order valence-corrected chi connectivity index (χ1v) is 4.39. The van der Waals surface area contributed by atoms with Crippen molar-refractivity contribution in [3.8, 4) is 0 Å². The fourth-order valence-corrected chi connectivity index (χ4v) is 1.53. The molecule has 5 nitrogen and oxygen atoms in total. The summed E-state index contributed by atoms with van der Waals surface area (Å²) in [6.07, 6.45) is 2.59. The van der Waals surface area contributed by atoms with Crippen LogP contribution in [0.5, 0.6) is 0 Å². The van der Waals surface area contributed by atoms with Crippen LogP contribution in [-0.4, -0.2) is 33.9 Å². The van der Waals surface area contributed by atoms with Crippen molar-refractivity contribution < 1.29 is 24.9 Å². The number of rotatable bonds is 3. The standard InChI is InChI=1S/C10H12O5/c1-10(9(14)15)4-6(8(12)13)2-3-7(10)5-11/h2-3,11H,4-5H2,1H3,(H,12,13)(H,14,15). The highest BCUT2D eigenvalue weighted by atomic mass is 16.4. The predicted molar refractivity (Wildman–Crippen MR) is 51.2 cm³/mol. The first-order chi connectivity index (χ1) is 6.91. The molecule has 0 heterocycles. The van der Waals surface area contributed by atoms with Crippen molar-refractivity contribution in [3.63, 3.8) is 0 Å². The molecule has 0 fully saturated rings. The number of carbonyl (C=O) groups is 2. The second kappa shape index (κ2) is 3.86. The Morgan fingerprint density at radius 1 is 1.40 bits per heavy atom. The van der Waals surface area contributed by atoms with E-state index >= 15 is 0 Å². The summed E-state index contributed by atoms with van der Waals surface area (Å²) in [5, 5.41) is 26.8. The van der Waals surface area contributed by atoms with Crippen LogP contribution in [0.15, 0.2) is 23.3 Å². The Bertz CT molecular complexity index is 366. The third kappa shape index (κ3) is 1.92. The molecule has 1 rings (SSSR count). The van der Waals surface area contributed by atoms with Gasteiger partial charge in [-0.25, -0.2) is 4.79 Å². The van der Waals surface area contributed by atoms with Crippen molar-refractivity contribution >= 4 is 11.9 Å². The number of allylic oxidation sites excluding steroid dienone is 2. The van der Waals surface area contributed by atoms with Gasteiger partial charge in [0.2, 0.25) is 0 Å². The number of aliphatic carboxylic acids is 2. The lowest BCUT2D eigenvalue weighted by Crippen LogP contribution is -2.34. The molecule has 1 aliphatic carbocycles. The van der Waals surface area contributed by atoms with E-state index in [0.717, 1.165) is 0 Å². The number of hydrogen-bond acceptors (Lipinski definition) is 3. The smallest absolute Gasteiger partial charge is 0.331 e. The van der Waals surface area contributed by atoms with Crippen molar-refractivity contribution in [1.29, 1.82) is 0 Å². The number of aliphatic hydroxyl groups excluding tert-OH is 1. The van der Waals surface area contributed by atoms with Crippen LogP contribution in [0.2, 0.25) is 0 Å². The van der Waals surface area contributed by atoms with Gasteiger partial charge in [-0.3, -0.25) is 4.79 Å². The van der Waals surface area contributed by atoms with E-state index in [4.69, 9.17) is 15.3 Å². The Kier molecular flexibility index (Phi) is 2.95. The monoisotopic (exact) mass is 212 g/mol. The van der Waals surface area contributed by atoms with Crippen LogP contribution in [0.1, 0.15) is 13.3 Å². The largest absolute Gasteiger partial charge is 0.481 e. The molecule has 0 saturated carbocycles. The van der Waals surface area contributed by atoms with Crippen LogP contribution in [0.4, 0.5) is 0 Å². The molecule has 1 atom stereocenters. The van der Waals surface area contributed by atoms with Crippen molar-refractivity contribution in [3.05, 3.63) is 23.3 Å². The molecule has 0 amide bonds. The van der Waals surface area contributed by atoms with Gasteiger partial charge in [-0.1, -0.05) is 12.2 Å². The average Bonchev–Trinajstić information content (AvgIpc) is 2.17. The zero-order valence-corrected chi connectivity index (χ0v) is 8.23. The SMILES string of the molecule is CC1(C(=O)O)CC(C(=O)O)=CC=C1CO. The summed E-state index contributed by atoms with van der Waals surface area (Å²) < 4.78 is 0. The minimum atomic E-state index is -1.32. The predicted octanol–water partition coefficient (Wildman–Crippen LogP) is 0.411. The van der Waals surface area contributed by atoms with Crippen LogP contribution < -0.4 is 0 Å². The maximum Gasteiger partial charge on any atom is 0.331 e. The summed E-state index contributed by atoms with van der Waals surface area (Å²) >= 11 is 0. The van der Waals surface area contributed by atoms with E-state index in [2.05, 4.69) is 0 Å². The van der Waals surface area contributed by atoms with E-state index in [1.807, 2.05) is 0 Å². The van der Waals surface area contributed by atoms with Gasteiger partial charge in [-0.2, -0.15) is 0 Å². The Morgan fingerprint density at radius 2 is 2.00 bits per heavy atom. The van der Waals surface area contributed by atoms with Gasteiger partial charge in [0, 0.05) is 5.57 Å². The van der Waals surface area contributed by atoms with Gasteiger partial charge < -0.3 is 15.3 Å². The van der Waals surface area contributed by atoms with Crippen molar-refractivity contribution in [1.82, 2.24) is 0 Å². The molecule has 0 aromatic rings. The molecule has 5 heteroatoms. The van der Waals surface area contributed by atoms with Crippen molar-refractivity contribution in [2.24, 2.45) is 5.41 Å². The third-order valence-electron chi connectivity index (χ3n) is 2.66. The second-order valence-corrected chi connectivity index (χ2v) is 3.66. The van der Waals surface area contributed by atoms with Gasteiger partial charge in [0.25, 0.3) is 0 Å². The molecular formula is C10H12O5. The molecule has 1 aliphatic rings. The summed E-state index contributed by atoms with van der Waals surface area (Å²) in [5.41, 5.74) is -0.964. The molecule has 0 spiro atoms. The van der Waals surface area contributed by atoms with Crippen LogP contribution in [0, 0.1) is 5.41 Å². The Balaban J connectivity index is 3.14. The van der Waals surface area contributed by atoms with Crippen LogP contribution in [-0.2, 0) is 9.59 Å². The zero-order chi connectivity index (χ0) is 11.6. The maximum atomic E-state index is 11.0. The highest BCUT2D eigenvalue weighted by Crippen LogP contribution is 2.37. The fourth-order valence-electron chi connectivity index (χ4n) is 1.53. The lowest BCUT2D eigenvalue weighted by atomic mass is 9.74. The van der Waals surface area contributed by atoms with Crippen LogP contribution >= 0.6 is 0 Å². The van der Waals surface area contributed by atoms with E-state index in [9.17, 15) is 9.59 Å². The van der Waals surface area contributed by atoms with Gasteiger partial charge in [0.15, 0.2) is 0 Å². The normalized spacial score (nSPS) is 25.5. The van der Waals surface area contributed by atoms with E-state index in [1.54, 1.807) is 0 Å². The summed E-state index contributed by atoms with van der Waals surface area (Å²) in [6.45, 7) is 1.03. The molecule has 1 unspecified atom stereocenters. The van der Waals surface area contributed by atoms with Crippen molar-refractivity contribution in [2.45, 2.75) is 13.3 Å².